The molecule has 0 spiro atoms. The molecule has 0 rings (SSSR count). The minimum Gasteiger partial charge on any atom is -0.370 e. The van der Waals surface area contributed by atoms with Crippen LogP contribution in [0.15, 0.2) is 0 Å². The Kier molecular flexibility index (Phi) is 21.3. The molecule has 0 saturated carbocycles. The van der Waals surface area contributed by atoms with Gasteiger partial charge in [-0.1, -0.05) is 13.3 Å². The molecule has 0 radical (unpaired) electrons. The van der Waals surface area contributed by atoms with Crippen molar-refractivity contribution >= 4 is 29.5 Å². The molecule has 0 aliphatic carbocycles. The van der Waals surface area contributed by atoms with E-state index in [2.05, 4.69) is 31.1 Å². The SMILES string of the molecule is CCC[C@H](NC(=O)CCCC(=O)NCCN(C)CCN(C)CCN(C)CC(=O)N[C@H](C)CC(N)=O)C(=O)NCCN. The number of primary amides is 1. The molecule has 0 aliphatic rings. The molecule has 0 aromatic rings. The molecule has 14 heteroatoms. The third-order valence-corrected chi connectivity index (χ3v) is 6.35. The summed E-state index contributed by atoms with van der Waals surface area (Å²) in [4.78, 5) is 65.8. The van der Waals surface area contributed by atoms with Crippen LogP contribution in [0.3, 0.4) is 0 Å². The van der Waals surface area contributed by atoms with Gasteiger partial charge in [0.05, 0.1) is 6.54 Å². The third kappa shape index (κ3) is 21.6. The summed E-state index contributed by atoms with van der Waals surface area (Å²) in [5.74, 6) is -1.17. The number of nitrogens with one attached hydrogen (secondary N) is 4. The maximum atomic E-state index is 12.2. The number of rotatable bonds is 24. The number of hydrogen-bond acceptors (Lipinski definition) is 9. The lowest BCUT2D eigenvalue weighted by atomic mass is 10.1. The Morgan fingerprint density at radius 2 is 1.34 bits per heavy atom. The van der Waals surface area contributed by atoms with Crippen LogP contribution in [0.4, 0.5) is 0 Å². The molecule has 0 saturated heterocycles. The highest BCUT2D eigenvalue weighted by atomic mass is 16.2. The molecule has 0 aromatic carbocycles. The zero-order valence-electron chi connectivity index (χ0n) is 25.8. The fourth-order valence-corrected chi connectivity index (χ4v) is 3.93. The summed E-state index contributed by atoms with van der Waals surface area (Å²) in [5.41, 5.74) is 10.6. The monoisotopic (exact) mass is 585 g/mol. The van der Waals surface area contributed by atoms with Crippen LogP contribution < -0.4 is 32.7 Å². The lowest BCUT2D eigenvalue weighted by molar-refractivity contribution is -0.129. The number of nitrogens with two attached hydrogens (primary N) is 2. The van der Waals surface area contributed by atoms with Crippen LogP contribution in [0.25, 0.3) is 0 Å². The van der Waals surface area contributed by atoms with E-state index in [9.17, 15) is 24.0 Å². The lowest BCUT2D eigenvalue weighted by Crippen LogP contribution is -2.47. The van der Waals surface area contributed by atoms with Crippen LogP contribution in [0, 0.1) is 0 Å². The van der Waals surface area contributed by atoms with Crippen LogP contribution in [0.5, 0.6) is 0 Å². The first-order valence-electron chi connectivity index (χ1n) is 14.5. The van der Waals surface area contributed by atoms with Gasteiger partial charge in [0, 0.05) is 77.7 Å². The highest BCUT2D eigenvalue weighted by Gasteiger charge is 2.19. The first-order chi connectivity index (χ1) is 19.4. The molecule has 0 bridgehead atoms. The zero-order chi connectivity index (χ0) is 31.2. The first-order valence-corrected chi connectivity index (χ1v) is 14.5. The van der Waals surface area contributed by atoms with E-state index in [1.807, 2.05) is 33.0 Å². The first kappa shape index (κ1) is 38.2. The molecule has 0 aromatic heterocycles. The molecule has 0 fully saturated rings. The molecule has 14 nitrogen and oxygen atoms in total. The molecular formula is C27H55N9O5. The van der Waals surface area contributed by atoms with Gasteiger partial charge in [0.2, 0.25) is 29.5 Å². The van der Waals surface area contributed by atoms with Gasteiger partial charge in [-0.05, 0) is 40.9 Å². The Bertz CT molecular complexity index is 799. The maximum Gasteiger partial charge on any atom is 0.242 e. The molecule has 0 aliphatic heterocycles. The summed E-state index contributed by atoms with van der Waals surface area (Å²) in [6, 6.07) is -0.867. The van der Waals surface area contributed by atoms with Gasteiger partial charge in [0.25, 0.3) is 0 Å². The summed E-state index contributed by atoms with van der Waals surface area (Å²) in [5, 5.41) is 11.1. The lowest BCUT2D eigenvalue weighted by Gasteiger charge is -2.24. The smallest absolute Gasteiger partial charge is 0.242 e. The van der Waals surface area contributed by atoms with Gasteiger partial charge in [0.1, 0.15) is 6.04 Å². The van der Waals surface area contributed by atoms with E-state index in [4.69, 9.17) is 11.5 Å². The van der Waals surface area contributed by atoms with Gasteiger partial charge in [0.15, 0.2) is 0 Å². The molecule has 2 atom stereocenters. The Labute approximate surface area is 245 Å². The van der Waals surface area contributed by atoms with E-state index in [0.717, 1.165) is 26.1 Å². The second kappa shape index (κ2) is 22.8. The van der Waals surface area contributed by atoms with Crippen molar-refractivity contribution in [3.63, 3.8) is 0 Å². The van der Waals surface area contributed by atoms with Crippen molar-refractivity contribution in [1.29, 1.82) is 0 Å². The van der Waals surface area contributed by atoms with E-state index in [0.29, 0.717) is 45.6 Å². The van der Waals surface area contributed by atoms with E-state index in [1.165, 1.54) is 0 Å². The Morgan fingerprint density at radius 3 is 1.93 bits per heavy atom. The normalized spacial score (nSPS) is 12.7. The predicted molar refractivity (Wildman–Crippen MR) is 160 cm³/mol. The van der Waals surface area contributed by atoms with Gasteiger partial charge in [-0.3, -0.25) is 28.9 Å². The van der Waals surface area contributed by atoms with Gasteiger partial charge < -0.3 is 42.5 Å². The van der Waals surface area contributed by atoms with Gasteiger partial charge in [-0.15, -0.1) is 0 Å². The number of carbonyl (C=O) groups excluding carboxylic acids is 5. The zero-order valence-corrected chi connectivity index (χ0v) is 25.8. The largest absolute Gasteiger partial charge is 0.370 e. The van der Waals surface area contributed by atoms with Crippen molar-refractivity contribution in [2.45, 2.75) is 64.5 Å². The van der Waals surface area contributed by atoms with Crippen molar-refractivity contribution in [3.8, 4) is 0 Å². The summed E-state index contributed by atoms with van der Waals surface area (Å²) in [6.07, 6.45) is 2.25. The van der Waals surface area contributed by atoms with Crippen LogP contribution in [-0.4, -0.2) is 136 Å². The Balaban J connectivity index is 4.04. The molecule has 41 heavy (non-hydrogen) atoms. The number of amides is 5. The van der Waals surface area contributed by atoms with Gasteiger partial charge >= 0.3 is 0 Å². The fraction of sp³-hybridized carbons (Fsp3) is 0.815. The van der Waals surface area contributed by atoms with Crippen LogP contribution in [0.1, 0.15) is 52.4 Å². The quantitative estimate of drug-likeness (QED) is 0.0729. The molecule has 5 amide bonds. The number of carbonyl (C=O) groups is 5. The molecular weight excluding hydrogens is 530 g/mol. The van der Waals surface area contributed by atoms with Crippen LogP contribution >= 0.6 is 0 Å². The summed E-state index contributed by atoms with van der Waals surface area (Å²) in [6.45, 7) is 8.99. The maximum absolute atomic E-state index is 12.2. The van der Waals surface area contributed by atoms with E-state index < -0.39 is 11.9 Å². The second-order valence-corrected chi connectivity index (χ2v) is 10.7. The summed E-state index contributed by atoms with van der Waals surface area (Å²) < 4.78 is 0. The minimum atomic E-state index is -0.584. The van der Waals surface area contributed by atoms with Gasteiger partial charge in [-0.25, -0.2) is 0 Å². The van der Waals surface area contributed by atoms with E-state index in [1.54, 1.807) is 6.92 Å². The molecule has 238 valence electrons. The highest BCUT2D eigenvalue weighted by Crippen LogP contribution is 2.01. The average molecular weight is 586 g/mol. The Morgan fingerprint density at radius 1 is 0.756 bits per heavy atom. The molecule has 0 unspecified atom stereocenters. The number of nitrogens with zero attached hydrogens (tertiary/aromatic N) is 3. The van der Waals surface area contributed by atoms with E-state index in [-0.39, 0.29) is 55.5 Å². The van der Waals surface area contributed by atoms with Crippen molar-refractivity contribution < 1.29 is 24.0 Å². The van der Waals surface area contributed by atoms with Crippen molar-refractivity contribution in [2.24, 2.45) is 11.5 Å². The van der Waals surface area contributed by atoms with E-state index >= 15 is 0 Å². The number of hydrogen-bond donors (Lipinski definition) is 6. The average Bonchev–Trinajstić information content (AvgIpc) is 2.88. The van der Waals surface area contributed by atoms with Crippen molar-refractivity contribution in [1.82, 2.24) is 36.0 Å². The van der Waals surface area contributed by atoms with Crippen LogP contribution in [0.2, 0.25) is 0 Å². The number of likely N-dealkylation sites (N-methyl/N-ethyl adjacent to an activating group) is 3. The summed E-state index contributed by atoms with van der Waals surface area (Å²) >= 11 is 0. The van der Waals surface area contributed by atoms with Crippen molar-refractivity contribution in [2.75, 3.05) is 80.0 Å². The topological polar surface area (TPSA) is 195 Å². The highest BCUT2D eigenvalue weighted by molar-refractivity contribution is 5.87. The minimum absolute atomic E-state index is 0.106. The molecule has 0 heterocycles. The Hall–Kier alpha value is -2.81. The standard InChI is InChI=1S/C27H55N9O5/c1-6-8-22(27(41)31-12-11-28)33-25(39)10-7-9-24(38)30-13-14-34(3)15-16-35(4)17-18-36(5)20-26(40)32-21(2)19-23(29)37/h21-22H,6-20,28H2,1-5H3,(H2,29,37)(H,30,38)(H,31,41)(H,32,40)(H,33,39)/t21-,22+/m1/s1. The van der Waals surface area contributed by atoms with Crippen LogP contribution in [-0.2, 0) is 24.0 Å². The molecule has 8 N–H and O–H groups in total. The fourth-order valence-electron chi connectivity index (χ4n) is 3.93. The second-order valence-electron chi connectivity index (χ2n) is 10.7. The predicted octanol–water partition coefficient (Wildman–Crippen LogP) is -2.19. The van der Waals surface area contributed by atoms with Crippen molar-refractivity contribution in [3.05, 3.63) is 0 Å². The van der Waals surface area contributed by atoms with Gasteiger partial charge in [-0.2, -0.15) is 0 Å². The summed E-state index contributed by atoms with van der Waals surface area (Å²) in [7, 11) is 5.88. The third-order valence-electron chi connectivity index (χ3n) is 6.35.